The summed E-state index contributed by atoms with van der Waals surface area (Å²) in [5.41, 5.74) is 2.46. The molecule has 0 bridgehead atoms. The second-order valence-electron chi connectivity index (χ2n) is 6.52. The maximum Gasteiger partial charge on any atom is 0.322 e. The molecule has 0 aliphatic heterocycles. The number of hydrogen-bond acceptors (Lipinski definition) is 5. The van der Waals surface area contributed by atoms with Crippen LogP contribution in [0.2, 0.25) is 0 Å². The number of aryl methyl sites for hydroxylation is 1. The molecule has 0 fully saturated rings. The Morgan fingerprint density at radius 3 is 2.19 bits per heavy atom. The van der Waals surface area contributed by atoms with Crippen molar-refractivity contribution in [1.82, 2.24) is 5.32 Å². The molecular weight excluding hydrogens is 398 g/mol. The third-order valence-corrected chi connectivity index (χ3v) is 4.11. The second kappa shape index (κ2) is 11.8. The van der Waals surface area contributed by atoms with Gasteiger partial charge in [-0.15, -0.1) is 0 Å². The number of rotatable bonds is 7. The zero-order valence-corrected chi connectivity index (χ0v) is 16.9. The normalized spacial score (nSPS) is 9.71. The lowest BCUT2D eigenvalue weighted by molar-refractivity contribution is -0.135. The molecule has 0 atom stereocenters. The Labute approximate surface area is 179 Å². The summed E-state index contributed by atoms with van der Waals surface area (Å²) >= 11 is 0. The third kappa shape index (κ3) is 7.66. The monoisotopic (exact) mass is 421 g/mol. The topological polar surface area (TPSA) is 113 Å². The Hall–Kier alpha value is -4.13. The van der Waals surface area contributed by atoms with Crippen molar-refractivity contribution in [2.75, 3.05) is 6.54 Å². The highest BCUT2D eigenvalue weighted by molar-refractivity contribution is 5.95. The highest BCUT2D eigenvalue weighted by Crippen LogP contribution is 2.26. The molecule has 1 amide bonds. The average molecular weight is 421 g/mol. The number of carbonyl (C=O) groups excluding carboxylic acids is 2. The molecule has 3 rings (SSSR count). The molecule has 0 aliphatic rings. The van der Waals surface area contributed by atoms with Crippen molar-refractivity contribution in [2.45, 2.75) is 13.5 Å². The summed E-state index contributed by atoms with van der Waals surface area (Å²) in [6.07, 6.45) is 0.514. The largest absolute Gasteiger partial charge is 0.507 e. The van der Waals surface area contributed by atoms with E-state index in [1.807, 2.05) is 18.2 Å². The quantitative estimate of drug-likeness (QED) is 0.503. The summed E-state index contributed by atoms with van der Waals surface area (Å²) in [4.78, 5) is 33.1. The fraction of sp³-hybridized carbons (Fsp3) is 0.125. The van der Waals surface area contributed by atoms with Gasteiger partial charge in [0.25, 0.3) is 5.91 Å². The van der Waals surface area contributed by atoms with Crippen LogP contribution in [0.3, 0.4) is 0 Å². The molecule has 7 heteroatoms. The van der Waals surface area contributed by atoms with E-state index in [0.29, 0.717) is 11.8 Å². The van der Waals surface area contributed by atoms with Gasteiger partial charge in [0.05, 0.1) is 5.56 Å². The molecule has 31 heavy (non-hydrogen) atoms. The standard InChI is InChI=1S/C17H15NO6.C7H8/c19-9-13-14(20)2-1-3-15(13)24-10-11-4-6-12(7-5-11)17(23)18-8-16(21)22;1-7-5-3-2-4-6-7/h1-7,9,20H,8,10H2,(H,18,23)(H,21,22);2-6H,1H3. The van der Waals surface area contributed by atoms with Crippen LogP contribution in [0.1, 0.15) is 31.8 Å². The second-order valence-corrected chi connectivity index (χ2v) is 6.52. The van der Waals surface area contributed by atoms with Crippen LogP contribution in [0.5, 0.6) is 11.5 Å². The Morgan fingerprint density at radius 1 is 0.968 bits per heavy atom. The number of nitrogens with one attached hydrogen (secondary N) is 1. The number of carbonyl (C=O) groups is 3. The molecule has 0 saturated heterocycles. The van der Waals surface area contributed by atoms with Gasteiger partial charge < -0.3 is 20.3 Å². The number of aliphatic carboxylic acids is 1. The van der Waals surface area contributed by atoms with Crippen LogP contribution < -0.4 is 10.1 Å². The summed E-state index contributed by atoms with van der Waals surface area (Å²) in [5.74, 6) is -1.51. The highest BCUT2D eigenvalue weighted by Gasteiger charge is 2.09. The molecule has 0 aromatic heterocycles. The molecule has 3 N–H and O–H groups in total. The minimum Gasteiger partial charge on any atom is -0.507 e. The molecule has 0 unspecified atom stereocenters. The lowest BCUT2D eigenvalue weighted by Crippen LogP contribution is -2.29. The van der Waals surface area contributed by atoms with E-state index in [1.165, 1.54) is 11.6 Å². The number of amides is 1. The number of phenolic OH excluding ortho intramolecular Hbond substituents is 1. The lowest BCUT2D eigenvalue weighted by Gasteiger charge is -2.10. The number of carboxylic acids is 1. The van der Waals surface area contributed by atoms with Crippen molar-refractivity contribution in [2.24, 2.45) is 0 Å². The van der Waals surface area contributed by atoms with E-state index >= 15 is 0 Å². The van der Waals surface area contributed by atoms with Gasteiger partial charge in [-0.2, -0.15) is 0 Å². The van der Waals surface area contributed by atoms with Crippen molar-refractivity contribution in [3.05, 3.63) is 95.1 Å². The summed E-state index contributed by atoms with van der Waals surface area (Å²) in [7, 11) is 0. The number of hydrogen-bond donors (Lipinski definition) is 3. The van der Waals surface area contributed by atoms with E-state index in [4.69, 9.17) is 9.84 Å². The molecule has 0 aliphatic carbocycles. The fourth-order valence-corrected chi connectivity index (χ4v) is 2.48. The van der Waals surface area contributed by atoms with Crippen molar-refractivity contribution >= 4 is 18.2 Å². The van der Waals surface area contributed by atoms with Crippen molar-refractivity contribution < 1.29 is 29.3 Å². The smallest absolute Gasteiger partial charge is 0.322 e. The van der Waals surface area contributed by atoms with Gasteiger partial charge in [0.1, 0.15) is 24.7 Å². The first-order valence-electron chi connectivity index (χ1n) is 9.41. The number of carboxylic acid groups (broad SMARTS) is 1. The Kier molecular flexibility index (Phi) is 8.79. The minimum atomic E-state index is -1.12. The van der Waals surface area contributed by atoms with E-state index < -0.39 is 18.4 Å². The van der Waals surface area contributed by atoms with Crippen LogP contribution >= 0.6 is 0 Å². The van der Waals surface area contributed by atoms with Crippen LogP contribution in [0.15, 0.2) is 72.8 Å². The maximum atomic E-state index is 11.7. The Balaban J connectivity index is 0.000000412. The molecule has 3 aromatic carbocycles. The summed E-state index contributed by atoms with van der Waals surface area (Å²) in [6.45, 7) is 1.77. The predicted molar refractivity (Wildman–Crippen MR) is 115 cm³/mol. The van der Waals surface area contributed by atoms with E-state index in [1.54, 1.807) is 36.4 Å². The first-order chi connectivity index (χ1) is 14.9. The van der Waals surface area contributed by atoms with E-state index in [-0.39, 0.29) is 23.7 Å². The lowest BCUT2D eigenvalue weighted by atomic mass is 10.1. The van der Waals surface area contributed by atoms with Crippen molar-refractivity contribution in [3.8, 4) is 11.5 Å². The van der Waals surface area contributed by atoms with Crippen LogP contribution in [-0.2, 0) is 11.4 Å². The number of phenols is 1. The van der Waals surface area contributed by atoms with E-state index in [2.05, 4.69) is 24.4 Å². The van der Waals surface area contributed by atoms with Gasteiger partial charge >= 0.3 is 5.97 Å². The van der Waals surface area contributed by atoms with Gasteiger partial charge in [-0.25, -0.2) is 0 Å². The molecule has 160 valence electrons. The molecule has 0 spiro atoms. The number of aldehydes is 1. The van der Waals surface area contributed by atoms with Gasteiger partial charge in [0.2, 0.25) is 0 Å². The first kappa shape index (κ1) is 23.2. The van der Waals surface area contributed by atoms with E-state index in [9.17, 15) is 19.5 Å². The average Bonchev–Trinajstić information content (AvgIpc) is 2.77. The molecule has 0 radical (unpaired) electrons. The number of benzene rings is 3. The number of aromatic hydroxyl groups is 1. The fourth-order valence-electron chi connectivity index (χ4n) is 2.48. The van der Waals surface area contributed by atoms with Gasteiger partial charge in [0.15, 0.2) is 6.29 Å². The zero-order valence-electron chi connectivity index (χ0n) is 16.9. The third-order valence-electron chi connectivity index (χ3n) is 4.11. The summed E-state index contributed by atoms with van der Waals surface area (Å²) in [5, 5.41) is 20.4. The molecule has 0 heterocycles. The van der Waals surface area contributed by atoms with Gasteiger partial charge in [0, 0.05) is 5.56 Å². The van der Waals surface area contributed by atoms with Gasteiger partial charge in [-0.1, -0.05) is 54.1 Å². The summed E-state index contributed by atoms with van der Waals surface area (Å²) in [6, 6.07) is 21.2. The van der Waals surface area contributed by atoms with Crippen LogP contribution in [0, 0.1) is 6.92 Å². The Bertz CT molecular complexity index is 1020. The molecular formula is C24H23NO6. The molecule has 7 nitrogen and oxygen atoms in total. The molecule has 0 saturated carbocycles. The predicted octanol–water partition coefficient (Wildman–Crippen LogP) is 3.59. The molecule has 3 aromatic rings. The minimum absolute atomic E-state index is 0.0715. The first-order valence-corrected chi connectivity index (χ1v) is 9.41. The maximum absolute atomic E-state index is 11.7. The number of ether oxygens (including phenoxy) is 1. The van der Waals surface area contributed by atoms with Crippen LogP contribution in [-0.4, -0.2) is 34.9 Å². The van der Waals surface area contributed by atoms with E-state index in [0.717, 1.165) is 5.56 Å². The van der Waals surface area contributed by atoms with Crippen molar-refractivity contribution in [3.63, 3.8) is 0 Å². The van der Waals surface area contributed by atoms with Crippen LogP contribution in [0.25, 0.3) is 0 Å². The highest BCUT2D eigenvalue weighted by atomic mass is 16.5. The zero-order chi connectivity index (χ0) is 22.6. The Morgan fingerprint density at radius 2 is 1.65 bits per heavy atom. The van der Waals surface area contributed by atoms with Crippen molar-refractivity contribution in [1.29, 1.82) is 0 Å². The van der Waals surface area contributed by atoms with Crippen LogP contribution in [0.4, 0.5) is 0 Å². The summed E-state index contributed by atoms with van der Waals surface area (Å²) < 4.78 is 5.50. The SMILES string of the molecule is Cc1ccccc1.O=Cc1c(O)cccc1OCc1ccc(C(=O)NCC(=O)O)cc1. The van der Waals surface area contributed by atoms with Gasteiger partial charge in [-0.05, 0) is 36.8 Å². The van der Waals surface area contributed by atoms with Gasteiger partial charge in [-0.3, -0.25) is 14.4 Å².